The minimum atomic E-state index is 0.531. The molecule has 4 heterocycles. The van der Waals surface area contributed by atoms with Crippen molar-refractivity contribution in [2.45, 2.75) is 428 Å². The molecule has 0 spiro atoms. The number of aromatic nitrogens is 2. The van der Waals surface area contributed by atoms with Crippen molar-refractivity contribution >= 4 is 11.5 Å². The SMILES string of the molecule is CC(C)C1CCCCC1(C)C.CC(C)C1CCCCC1C.CC(C)c1ccccc1C(C)C.CC(C)c1ccccc1C1CC1.CC(C)c1ccccc1C1CC1.CC(C)c1ccccc1N1CCCC1.CC(C)c1cccnc1C(C)C.CC(C)c1cccnc1N1CCCC1.CCc1cccc(CC)c1C(C)C.Cc1cccc(C)c1C(C)C.Cc1ccccc1C(C)C. The fourth-order valence-corrected chi connectivity index (χ4v) is 20.9. The predicted octanol–water partition coefficient (Wildman–Crippen LogP) is 38.7. The van der Waals surface area contributed by atoms with Gasteiger partial charge in [-0.2, -0.15) is 0 Å². The maximum atomic E-state index is 4.51. The highest BCUT2D eigenvalue weighted by molar-refractivity contribution is 5.56. The molecular weight excluding hydrogens is 1580 g/mol. The van der Waals surface area contributed by atoms with Gasteiger partial charge in [0.05, 0.1) is 0 Å². The molecule has 9 aromatic rings. The summed E-state index contributed by atoms with van der Waals surface area (Å²) in [7, 11) is 0. The van der Waals surface area contributed by atoms with E-state index in [1.54, 1.807) is 27.8 Å². The van der Waals surface area contributed by atoms with E-state index in [1.807, 2.05) is 24.5 Å². The van der Waals surface area contributed by atoms with Crippen molar-refractivity contribution in [3.8, 4) is 0 Å². The lowest BCUT2D eigenvalue weighted by molar-refractivity contribution is 0.0958. The number of hydrogen-bond acceptors (Lipinski definition) is 4. The minimum absolute atomic E-state index is 0.531. The molecule has 3 atom stereocenters. The van der Waals surface area contributed by atoms with Crippen molar-refractivity contribution in [2.24, 2.45) is 35.0 Å². The molecule has 4 nitrogen and oxygen atoms in total. The lowest BCUT2D eigenvalue weighted by Gasteiger charge is -2.41. The zero-order valence-electron chi connectivity index (χ0n) is 90.7. The van der Waals surface area contributed by atoms with E-state index in [0.717, 1.165) is 54.3 Å². The zero-order chi connectivity index (χ0) is 97.2. The molecule has 2 aliphatic heterocycles. The minimum Gasteiger partial charge on any atom is -0.371 e. The van der Waals surface area contributed by atoms with E-state index in [1.165, 1.54) is 213 Å². The van der Waals surface area contributed by atoms with Crippen LogP contribution in [0.2, 0.25) is 0 Å². The normalized spacial score (nSPS) is 16.7. The van der Waals surface area contributed by atoms with Crippen LogP contribution in [0, 0.1) is 55.8 Å². The number of pyridine rings is 2. The van der Waals surface area contributed by atoms with Crippen LogP contribution in [0.1, 0.15) is 495 Å². The second-order valence-corrected chi connectivity index (χ2v) is 44.1. The number of hydrogen-bond donors (Lipinski definition) is 0. The third-order valence-electron chi connectivity index (χ3n) is 28.4. The van der Waals surface area contributed by atoms with Crippen LogP contribution in [0.25, 0.3) is 0 Å². The Balaban J connectivity index is 0.000000255. The first-order valence-corrected chi connectivity index (χ1v) is 53.2. The Morgan fingerprint density at radius 2 is 0.672 bits per heavy atom. The fourth-order valence-electron chi connectivity index (χ4n) is 20.9. The van der Waals surface area contributed by atoms with Crippen molar-refractivity contribution in [1.82, 2.24) is 9.97 Å². The molecule has 2 aromatic heterocycles. The molecule has 6 fully saturated rings. The van der Waals surface area contributed by atoms with Gasteiger partial charge in [-0.3, -0.25) is 4.98 Å². The van der Waals surface area contributed by atoms with Gasteiger partial charge in [-0.15, -0.1) is 0 Å². The predicted molar refractivity (Wildman–Crippen MR) is 585 cm³/mol. The van der Waals surface area contributed by atoms with E-state index in [4.69, 9.17) is 0 Å². The number of para-hydroxylation sites is 1. The van der Waals surface area contributed by atoms with Crippen molar-refractivity contribution in [3.05, 3.63) is 295 Å². The van der Waals surface area contributed by atoms with Gasteiger partial charge in [0.1, 0.15) is 5.82 Å². The van der Waals surface area contributed by atoms with E-state index >= 15 is 0 Å². The van der Waals surface area contributed by atoms with Crippen LogP contribution in [-0.4, -0.2) is 36.1 Å². The van der Waals surface area contributed by atoms with Gasteiger partial charge in [-0.05, 0) is 329 Å². The lowest BCUT2D eigenvalue weighted by Crippen LogP contribution is -2.31. The summed E-state index contributed by atoms with van der Waals surface area (Å²) >= 11 is 0. The molecule has 0 amide bonds. The van der Waals surface area contributed by atoms with Crippen LogP contribution in [0.3, 0.4) is 0 Å². The highest BCUT2D eigenvalue weighted by Gasteiger charge is 2.34. The fraction of sp³-hybridized carbons (Fsp3) is 0.591. The molecular formula is C127H196N4. The number of aryl methyl sites for hydroxylation is 5. The van der Waals surface area contributed by atoms with Gasteiger partial charge in [0.15, 0.2) is 0 Å². The Labute approximate surface area is 809 Å². The first kappa shape index (κ1) is 114. The average Bonchev–Trinajstić information content (AvgIpc) is 1.57. The summed E-state index contributed by atoms with van der Waals surface area (Å²) in [6.07, 6.45) is 28.8. The summed E-state index contributed by atoms with van der Waals surface area (Å²) in [5.74, 6) is 14.7. The van der Waals surface area contributed by atoms with Gasteiger partial charge in [0.25, 0.3) is 0 Å². The number of benzene rings is 7. The number of nitrogens with zero attached hydrogens (tertiary/aromatic N) is 4. The molecule has 0 bridgehead atoms. The third-order valence-corrected chi connectivity index (χ3v) is 28.4. The van der Waals surface area contributed by atoms with Crippen molar-refractivity contribution in [2.75, 3.05) is 36.0 Å². The smallest absolute Gasteiger partial charge is 0.131 e. The quantitative estimate of drug-likeness (QED) is 0.0808. The summed E-state index contributed by atoms with van der Waals surface area (Å²) in [6.45, 7) is 82.1. The van der Waals surface area contributed by atoms with Crippen LogP contribution >= 0.6 is 0 Å². The summed E-state index contributed by atoms with van der Waals surface area (Å²) in [4.78, 5) is 13.8. The third kappa shape index (κ3) is 38.6. The van der Waals surface area contributed by atoms with Gasteiger partial charge in [-0.1, -0.05) is 411 Å². The van der Waals surface area contributed by atoms with Crippen molar-refractivity contribution in [3.63, 3.8) is 0 Å². The molecule has 0 N–H and O–H groups in total. The molecule has 3 unspecified atom stereocenters. The first-order chi connectivity index (χ1) is 62.2. The Morgan fingerprint density at radius 1 is 0.305 bits per heavy atom. The Hall–Kier alpha value is -7.56. The Morgan fingerprint density at radius 3 is 1.03 bits per heavy atom. The molecule has 4 heteroatoms. The molecule has 724 valence electrons. The van der Waals surface area contributed by atoms with Gasteiger partial charge in [0, 0.05) is 50.0 Å². The lowest BCUT2D eigenvalue weighted by atomic mass is 9.65. The van der Waals surface area contributed by atoms with Crippen molar-refractivity contribution < 1.29 is 0 Å². The largest absolute Gasteiger partial charge is 0.371 e. The monoisotopic (exact) mass is 1780 g/mol. The number of anilines is 2. The molecule has 4 saturated carbocycles. The van der Waals surface area contributed by atoms with Crippen LogP contribution in [0.4, 0.5) is 11.5 Å². The average molecular weight is 1780 g/mol. The highest BCUT2D eigenvalue weighted by atomic mass is 15.2. The first-order valence-electron chi connectivity index (χ1n) is 53.2. The molecule has 2 saturated heterocycles. The van der Waals surface area contributed by atoms with Crippen molar-refractivity contribution in [1.29, 1.82) is 0 Å². The molecule has 15 rings (SSSR count). The zero-order valence-corrected chi connectivity index (χ0v) is 90.7. The molecule has 4 aliphatic carbocycles. The maximum absolute atomic E-state index is 4.51. The molecule has 7 aromatic carbocycles. The highest BCUT2D eigenvalue weighted by Crippen LogP contribution is 2.46. The van der Waals surface area contributed by atoms with Gasteiger partial charge in [-0.25, -0.2) is 4.98 Å². The van der Waals surface area contributed by atoms with Crippen LogP contribution in [0.15, 0.2) is 194 Å². The van der Waals surface area contributed by atoms with Crippen LogP contribution in [0.5, 0.6) is 0 Å². The second-order valence-electron chi connectivity index (χ2n) is 44.1. The molecule has 6 aliphatic rings. The van der Waals surface area contributed by atoms with Crippen LogP contribution < -0.4 is 9.80 Å². The van der Waals surface area contributed by atoms with Crippen LogP contribution in [-0.2, 0) is 12.8 Å². The standard InChI is InChI=1S/C13H19N.C13H20.C12H18N2.2C12H16.C12H18.C11H17N.C11H22.C11H16.C10H20.C10H14/c1-11(2)12-7-3-4-8-13(12)14-9-5-6-10-14;1-5-11-8-7-9-12(6-2)13(11)10(3)4;1-10(2)11-6-5-7-13-12(11)14-8-3-4-9-14;2*1-9(2)11-5-3-4-6-12(11)10-7-8-10;1-9(2)11-7-5-6-8-12(11)10(3)4;1-8(2)10-6-5-7-12-11(10)9(3)4;1-9(2)10-7-5-6-8-11(10,3)4;1-8(2)11-9(3)6-5-7-10(11)4;2*1-8(2)10-7-5-4-6-9(10)3/h3-4,7-8,11H,5-6,9-10H2,1-2H3;7-10H,5-6H2,1-4H3;5-7,10H,3-4,8-9H2,1-2H3;2*3-6,9-10H,7-8H2,1-2H3;5-10H,1-4H3;5-9H,1-4H3;9-10H,5-8H2,1-4H3;5-8H,1-4H3;8-10H,4-7H2,1-3H3;4-8H,1-3H3. The van der Waals surface area contributed by atoms with Gasteiger partial charge >= 0.3 is 0 Å². The van der Waals surface area contributed by atoms with E-state index < -0.39 is 0 Å². The summed E-state index contributed by atoms with van der Waals surface area (Å²) in [6, 6.07) is 65.5. The molecule has 0 radical (unpaired) electrons. The summed E-state index contributed by atoms with van der Waals surface area (Å²) < 4.78 is 0. The van der Waals surface area contributed by atoms with E-state index in [0.29, 0.717) is 70.5 Å². The van der Waals surface area contributed by atoms with Gasteiger partial charge < -0.3 is 9.80 Å². The van der Waals surface area contributed by atoms with E-state index in [-0.39, 0.29) is 0 Å². The van der Waals surface area contributed by atoms with Gasteiger partial charge in [0.2, 0.25) is 0 Å². The Bertz CT molecular complexity index is 4150. The molecule has 131 heavy (non-hydrogen) atoms. The summed E-state index contributed by atoms with van der Waals surface area (Å²) in [5, 5.41) is 0. The Kier molecular flexibility index (Phi) is 51.6. The second kappa shape index (κ2) is 59.3. The summed E-state index contributed by atoms with van der Waals surface area (Å²) in [5.41, 5.74) is 28.7. The maximum Gasteiger partial charge on any atom is 0.131 e. The topological polar surface area (TPSA) is 32.3 Å². The van der Waals surface area contributed by atoms with E-state index in [2.05, 4.69) is 425 Å². The number of rotatable bonds is 19. The van der Waals surface area contributed by atoms with E-state index in [9.17, 15) is 0 Å².